The molecule has 0 aliphatic rings. The summed E-state index contributed by atoms with van der Waals surface area (Å²) in [4.78, 5) is 16.3. The number of pyridine rings is 1. The number of carbonyl (C=O) groups excluding carboxylic acids is 1. The van der Waals surface area contributed by atoms with E-state index in [1.165, 1.54) is 0 Å². The number of carbonyl (C=O) groups is 1. The van der Waals surface area contributed by atoms with Crippen molar-refractivity contribution in [1.29, 1.82) is 0 Å². The van der Waals surface area contributed by atoms with Gasteiger partial charge >= 0.3 is 0 Å². The summed E-state index contributed by atoms with van der Waals surface area (Å²) in [6, 6.07) is 11.0. The van der Waals surface area contributed by atoms with Crippen LogP contribution in [-0.4, -0.2) is 17.5 Å². The third-order valence-electron chi connectivity index (χ3n) is 3.25. The minimum atomic E-state index is -0.257. The number of aromatic nitrogens is 1. The van der Waals surface area contributed by atoms with Gasteiger partial charge in [-0.05, 0) is 42.8 Å². The maximum Gasteiger partial charge on any atom is 0.287 e. The van der Waals surface area contributed by atoms with E-state index < -0.39 is 0 Å². The van der Waals surface area contributed by atoms with Crippen molar-refractivity contribution >= 4 is 32.8 Å². The fourth-order valence-electron chi connectivity index (χ4n) is 2.18. The molecule has 0 unspecified atom stereocenters. The van der Waals surface area contributed by atoms with Crippen LogP contribution in [0.3, 0.4) is 0 Å². The Balaban J connectivity index is 1.69. The fourth-order valence-corrected chi connectivity index (χ4v) is 2.56. The lowest BCUT2D eigenvalue weighted by Gasteiger charge is -2.06. The van der Waals surface area contributed by atoms with Crippen molar-refractivity contribution in [2.75, 3.05) is 6.61 Å². The van der Waals surface area contributed by atoms with Crippen molar-refractivity contribution < 1.29 is 13.9 Å². The van der Waals surface area contributed by atoms with E-state index in [2.05, 4.69) is 26.2 Å². The molecule has 1 aromatic carbocycles. The van der Waals surface area contributed by atoms with E-state index in [1.54, 1.807) is 18.3 Å². The van der Waals surface area contributed by atoms with Crippen molar-refractivity contribution in [3.8, 4) is 5.88 Å². The highest BCUT2D eigenvalue weighted by atomic mass is 79.9. The van der Waals surface area contributed by atoms with Gasteiger partial charge in [-0.25, -0.2) is 4.98 Å². The number of benzene rings is 1. The Morgan fingerprint density at radius 1 is 1.30 bits per heavy atom. The maximum absolute atomic E-state index is 12.2. The lowest BCUT2D eigenvalue weighted by atomic mass is 10.2. The number of halogens is 1. The van der Waals surface area contributed by atoms with Gasteiger partial charge in [0.2, 0.25) is 5.88 Å². The van der Waals surface area contributed by atoms with Crippen LogP contribution in [0, 0.1) is 0 Å². The number of hydrogen-bond donors (Lipinski definition) is 1. The number of nitrogens with one attached hydrogen (secondary N) is 1. The Hall–Kier alpha value is -2.34. The van der Waals surface area contributed by atoms with Crippen molar-refractivity contribution in [3.05, 3.63) is 58.4 Å². The number of hydrogen-bond acceptors (Lipinski definition) is 4. The summed E-state index contributed by atoms with van der Waals surface area (Å²) in [5.74, 6) is 0.581. The molecule has 1 N–H and O–H groups in total. The van der Waals surface area contributed by atoms with E-state index in [9.17, 15) is 4.79 Å². The van der Waals surface area contributed by atoms with Gasteiger partial charge in [0.05, 0.1) is 6.61 Å². The SMILES string of the molecule is CCOc1cc(CNC(=O)c2cc3cc(Br)ccc3o2)ccn1. The quantitative estimate of drug-likeness (QED) is 0.734. The van der Waals surface area contributed by atoms with Gasteiger partial charge in [-0.3, -0.25) is 4.79 Å². The Morgan fingerprint density at radius 3 is 3.00 bits per heavy atom. The van der Waals surface area contributed by atoms with Crippen LogP contribution in [0.25, 0.3) is 11.0 Å². The van der Waals surface area contributed by atoms with Crippen LogP contribution >= 0.6 is 15.9 Å². The van der Waals surface area contributed by atoms with Gasteiger partial charge in [0.1, 0.15) is 5.58 Å². The smallest absolute Gasteiger partial charge is 0.287 e. The Labute approximate surface area is 141 Å². The van der Waals surface area contributed by atoms with E-state index >= 15 is 0 Å². The summed E-state index contributed by atoms with van der Waals surface area (Å²) in [5, 5.41) is 3.71. The van der Waals surface area contributed by atoms with Gasteiger partial charge in [-0.15, -0.1) is 0 Å². The second-order valence-electron chi connectivity index (χ2n) is 4.91. The van der Waals surface area contributed by atoms with Crippen molar-refractivity contribution in [2.45, 2.75) is 13.5 Å². The first-order chi connectivity index (χ1) is 11.2. The van der Waals surface area contributed by atoms with Crippen LogP contribution in [0.2, 0.25) is 0 Å². The van der Waals surface area contributed by atoms with Gasteiger partial charge in [0.25, 0.3) is 5.91 Å². The highest BCUT2D eigenvalue weighted by Crippen LogP contribution is 2.23. The van der Waals surface area contributed by atoms with Gasteiger partial charge in [0.15, 0.2) is 5.76 Å². The van der Waals surface area contributed by atoms with E-state index in [0.717, 1.165) is 15.4 Å². The van der Waals surface area contributed by atoms with Crippen molar-refractivity contribution in [2.24, 2.45) is 0 Å². The van der Waals surface area contributed by atoms with Gasteiger partial charge in [-0.2, -0.15) is 0 Å². The Kier molecular flexibility index (Phi) is 4.62. The molecular formula is C17H15BrN2O3. The summed E-state index contributed by atoms with van der Waals surface area (Å²) < 4.78 is 11.9. The fraction of sp³-hybridized carbons (Fsp3) is 0.176. The second-order valence-corrected chi connectivity index (χ2v) is 5.83. The third kappa shape index (κ3) is 3.71. The highest BCUT2D eigenvalue weighted by molar-refractivity contribution is 9.10. The average molecular weight is 375 g/mol. The van der Waals surface area contributed by atoms with Crippen LogP contribution in [0.5, 0.6) is 5.88 Å². The number of fused-ring (bicyclic) bond motifs is 1. The molecule has 0 aliphatic carbocycles. The van der Waals surface area contributed by atoms with Gasteiger partial charge < -0.3 is 14.5 Å². The second kappa shape index (κ2) is 6.83. The van der Waals surface area contributed by atoms with Gasteiger partial charge in [-0.1, -0.05) is 15.9 Å². The van der Waals surface area contributed by atoms with Gasteiger partial charge in [0, 0.05) is 28.7 Å². The van der Waals surface area contributed by atoms with E-state index in [0.29, 0.717) is 24.6 Å². The first kappa shape index (κ1) is 15.6. The van der Waals surface area contributed by atoms with Crippen LogP contribution in [0.4, 0.5) is 0 Å². The standard InChI is InChI=1S/C17H15BrN2O3/c1-2-22-16-7-11(5-6-19-16)10-20-17(21)15-9-12-8-13(18)3-4-14(12)23-15/h3-9H,2,10H2,1H3,(H,20,21). The molecule has 2 heterocycles. The van der Waals surface area contributed by atoms with E-state index in [1.807, 2.05) is 31.2 Å². The predicted octanol–water partition coefficient (Wildman–Crippen LogP) is 3.92. The topological polar surface area (TPSA) is 64.4 Å². The largest absolute Gasteiger partial charge is 0.478 e. The summed E-state index contributed by atoms with van der Waals surface area (Å²) in [6.07, 6.45) is 1.66. The molecule has 6 heteroatoms. The summed E-state index contributed by atoms with van der Waals surface area (Å²) in [5.41, 5.74) is 1.59. The van der Waals surface area contributed by atoms with Crippen molar-refractivity contribution in [1.82, 2.24) is 10.3 Å². The maximum atomic E-state index is 12.2. The lowest BCUT2D eigenvalue weighted by molar-refractivity contribution is 0.0925. The molecule has 118 valence electrons. The summed E-state index contributed by atoms with van der Waals surface area (Å²) in [7, 11) is 0. The normalized spacial score (nSPS) is 10.7. The minimum Gasteiger partial charge on any atom is -0.478 e. The molecule has 0 aliphatic heterocycles. The zero-order valence-electron chi connectivity index (χ0n) is 12.5. The number of nitrogens with zero attached hydrogens (tertiary/aromatic N) is 1. The molecular weight excluding hydrogens is 360 g/mol. The molecule has 0 bridgehead atoms. The van der Waals surface area contributed by atoms with Crippen LogP contribution < -0.4 is 10.1 Å². The predicted molar refractivity (Wildman–Crippen MR) is 90.5 cm³/mol. The summed E-state index contributed by atoms with van der Waals surface area (Å²) in [6.45, 7) is 2.83. The molecule has 3 rings (SSSR count). The number of amides is 1. The first-order valence-corrected chi connectivity index (χ1v) is 8.00. The average Bonchev–Trinajstić information content (AvgIpc) is 2.96. The molecule has 2 aromatic heterocycles. The first-order valence-electron chi connectivity index (χ1n) is 7.20. The molecule has 5 nitrogen and oxygen atoms in total. The molecule has 0 fully saturated rings. The van der Waals surface area contributed by atoms with E-state index in [4.69, 9.17) is 9.15 Å². The molecule has 0 saturated heterocycles. The minimum absolute atomic E-state index is 0.257. The zero-order chi connectivity index (χ0) is 16.2. The molecule has 0 radical (unpaired) electrons. The number of rotatable bonds is 5. The zero-order valence-corrected chi connectivity index (χ0v) is 14.1. The molecule has 1 amide bonds. The van der Waals surface area contributed by atoms with Crippen LogP contribution in [-0.2, 0) is 6.54 Å². The lowest BCUT2D eigenvalue weighted by Crippen LogP contribution is -2.22. The summed E-state index contributed by atoms with van der Waals surface area (Å²) >= 11 is 3.40. The van der Waals surface area contributed by atoms with Crippen LogP contribution in [0.1, 0.15) is 23.0 Å². The molecule has 0 spiro atoms. The number of furan rings is 1. The van der Waals surface area contributed by atoms with Crippen LogP contribution in [0.15, 0.2) is 51.5 Å². The van der Waals surface area contributed by atoms with Crippen molar-refractivity contribution in [3.63, 3.8) is 0 Å². The Bertz CT molecular complexity index is 845. The molecule has 0 atom stereocenters. The Morgan fingerprint density at radius 2 is 2.17 bits per heavy atom. The molecule has 0 saturated carbocycles. The highest BCUT2D eigenvalue weighted by Gasteiger charge is 2.12. The van der Waals surface area contributed by atoms with E-state index in [-0.39, 0.29) is 11.7 Å². The molecule has 23 heavy (non-hydrogen) atoms. The number of ether oxygens (including phenoxy) is 1. The monoisotopic (exact) mass is 374 g/mol. The molecule has 3 aromatic rings. The third-order valence-corrected chi connectivity index (χ3v) is 3.74.